The molecule has 136 valence electrons. The lowest BCUT2D eigenvalue weighted by Crippen LogP contribution is -2.17. The number of benzene rings is 1. The molecule has 0 fully saturated rings. The molecule has 2 aromatic rings. The predicted molar refractivity (Wildman–Crippen MR) is 98.8 cm³/mol. The second-order valence-electron chi connectivity index (χ2n) is 5.87. The van der Waals surface area contributed by atoms with Crippen molar-refractivity contribution in [3.63, 3.8) is 0 Å². The van der Waals surface area contributed by atoms with Gasteiger partial charge in [-0.3, -0.25) is 9.48 Å². The highest BCUT2D eigenvalue weighted by Crippen LogP contribution is 2.28. The van der Waals surface area contributed by atoms with Crippen molar-refractivity contribution in [1.29, 1.82) is 0 Å². The molecule has 0 aliphatic carbocycles. The summed E-state index contributed by atoms with van der Waals surface area (Å²) in [4.78, 5) is 12.6. The monoisotopic (exact) mass is 365 g/mol. The zero-order valence-electron chi connectivity index (χ0n) is 15.0. The number of rotatable bonds is 8. The minimum Gasteiger partial charge on any atom is -0.490 e. The number of aryl methyl sites for hydroxylation is 1. The molecule has 25 heavy (non-hydrogen) atoms. The number of nitrogens with one attached hydrogen (secondary N) is 1. The highest BCUT2D eigenvalue weighted by Gasteiger charge is 2.16. The van der Waals surface area contributed by atoms with E-state index in [0.717, 1.165) is 5.69 Å². The number of aromatic nitrogens is 2. The molecule has 1 aromatic heterocycles. The lowest BCUT2D eigenvalue weighted by molar-refractivity contribution is 0.101. The summed E-state index contributed by atoms with van der Waals surface area (Å²) in [5.41, 5.74) is 2.03. The first kappa shape index (κ1) is 19.3. The van der Waals surface area contributed by atoms with Crippen LogP contribution in [0, 0.1) is 0 Å². The molecule has 0 atom stereocenters. The summed E-state index contributed by atoms with van der Waals surface area (Å²) in [5.74, 6) is 0.597. The van der Waals surface area contributed by atoms with Crippen LogP contribution < -0.4 is 10.1 Å². The molecular weight excluding hydrogens is 342 g/mol. The van der Waals surface area contributed by atoms with Crippen LogP contribution in [-0.2, 0) is 11.3 Å². The Morgan fingerprint density at radius 3 is 2.68 bits per heavy atom. The molecule has 7 heteroatoms. The normalized spacial score (nSPS) is 11.0. The summed E-state index contributed by atoms with van der Waals surface area (Å²) >= 11 is 6.21. The van der Waals surface area contributed by atoms with Gasteiger partial charge in [0.15, 0.2) is 0 Å². The predicted octanol–water partition coefficient (Wildman–Crippen LogP) is 3.96. The second-order valence-corrected chi connectivity index (χ2v) is 6.27. The van der Waals surface area contributed by atoms with Crippen LogP contribution in [0.4, 0.5) is 5.69 Å². The van der Waals surface area contributed by atoms with Crippen molar-refractivity contribution in [2.45, 2.75) is 33.2 Å². The molecule has 0 saturated heterocycles. The van der Waals surface area contributed by atoms with Crippen molar-refractivity contribution in [1.82, 2.24) is 9.78 Å². The Hall–Kier alpha value is -2.05. The molecule has 0 bridgehead atoms. The number of hydrogen-bond acceptors (Lipinski definition) is 4. The van der Waals surface area contributed by atoms with E-state index in [1.807, 2.05) is 26.8 Å². The first-order valence-electron chi connectivity index (χ1n) is 8.26. The van der Waals surface area contributed by atoms with Crippen LogP contribution in [0.2, 0.25) is 5.02 Å². The van der Waals surface area contributed by atoms with Gasteiger partial charge < -0.3 is 14.8 Å². The Morgan fingerprint density at radius 1 is 1.32 bits per heavy atom. The number of amides is 1. The van der Waals surface area contributed by atoms with Gasteiger partial charge >= 0.3 is 0 Å². The summed E-state index contributed by atoms with van der Waals surface area (Å²) in [6.07, 6.45) is 0. The standard InChI is InChI=1S/C18H24ClN3O3/c1-5-22-16(11-15(21-22)12(2)3)18(23)20-13-6-7-17(14(19)10-13)25-9-8-24-4/h6-7,10-12H,5,8-9H2,1-4H3,(H,20,23). The van der Waals surface area contributed by atoms with Gasteiger partial charge in [-0.25, -0.2) is 0 Å². The average Bonchev–Trinajstić information content (AvgIpc) is 3.02. The Kier molecular flexibility index (Phi) is 6.84. The SMILES string of the molecule is CCn1nc(C(C)C)cc1C(=O)Nc1ccc(OCCOC)c(Cl)c1. The van der Waals surface area contributed by atoms with Crippen LogP contribution in [0.5, 0.6) is 5.75 Å². The van der Waals surface area contributed by atoms with E-state index in [-0.39, 0.29) is 11.8 Å². The fourth-order valence-electron chi connectivity index (χ4n) is 2.27. The van der Waals surface area contributed by atoms with Crippen LogP contribution in [-0.4, -0.2) is 36.0 Å². The first-order valence-corrected chi connectivity index (χ1v) is 8.64. The molecule has 0 saturated carbocycles. The first-order chi connectivity index (χ1) is 12.0. The zero-order valence-corrected chi connectivity index (χ0v) is 15.8. The van der Waals surface area contributed by atoms with E-state index in [1.165, 1.54) is 0 Å². The molecule has 2 rings (SSSR count). The van der Waals surface area contributed by atoms with Crippen LogP contribution in [0.3, 0.4) is 0 Å². The molecule has 0 aliphatic heterocycles. The number of methoxy groups -OCH3 is 1. The van der Waals surface area contributed by atoms with Gasteiger partial charge in [-0.05, 0) is 37.1 Å². The van der Waals surface area contributed by atoms with E-state index in [9.17, 15) is 4.79 Å². The average molecular weight is 366 g/mol. The third-order valence-corrected chi connectivity index (χ3v) is 3.95. The summed E-state index contributed by atoms with van der Waals surface area (Å²) < 4.78 is 12.1. The number of anilines is 1. The van der Waals surface area contributed by atoms with Gasteiger partial charge in [0.25, 0.3) is 5.91 Å². The smallest absolute Gasteiger partial charge is 0.273 e. The maximum Gasteiger partial charge on any atom is 0.273 e. The molecule has 0 spiro atoms. The Labute approximate surface area is 153 Å². The van der Waals surface area contributed by atoms with Crippen molar-refractivity contribution >= 4 is 23.2 Å². The fraction of sp³-hybridized carbons (Fsp3) is 0.444. The molecule has 6 nitrogen and oxygen atoms in total. The molecule has 1 heterocycles. The lowest BCUT2D eigenvalue weighted by atomic mass is 10.1. The molecule has 0 radical (unpaired) electrons. The van der Waals surface area contributed by atoms with Gasteiger partial charge in [0.1, 0.15) is 18.1 Å². The fourth-order valence-corrected chi connectivity index (χ4v) is 2.50. The number of carbonyl (C=O) groups excluding carboxylic acids is 1. The minimum absolute atomic E-state index is 0.217. The third-order valence-electron chi connectivity index (χ3n) is 3.66. The van der Waals surface area contributed by atoms with Gasteiger partial charge in [0.2, 0.25) is 0 Å². The molecule has 1 amide bonds. The van der Waals surface area contributed by atoms with Gasteiger partial charge in [0, 0.05) is 19.3 Å². The van der Waals surface area contributed by atoms with Gasteiger partial charge in [0.05, 0.1) is 17.3 Å². The van der Waals surface area contributed by atoms with Gasteiger partial charge in [-0.1, -0.05) is 25.4 Å². The largest absolute Gasteiger partial charge is 0.490 e. The highest BCUT2D eigenvalue weighted by atomic mass is 35.5. The molecule has 1 N–H and O–H groups in total. The van der Waals surface area contributed by atoms with Crippen LogP contribution in [0.25, 0.3) is 0 Å². The van der Waals surface area contributed by atoms with Crippen molar-refractivity contribution in [3.05, 3.63) is 40.7 Å². The number of nitrogens with zero attached hydrogens (tertiary/aromatic N) is 2. The number of carbonyl (C=O) groups is 1. The second kappa shape index (κ2) is 8.87. The molecule has 0 aliphatic rings. The van der Waals surface area contributed by atoms with E-state index < -0.39 is 0 Å². The van der Waals surface area contributed by atoms with Crippen LogP contribution in [0.1, 0.15) is 42.9 Å². The van der Waals surface area contributed by atoms with E-state index in [0.29, 0.717) is 41.9 Å². The van der Waals surface area contributed by atoms with Crippen molar-refractivity contribution in [2.75, 3.05) is 25.6 Å². The summed E-state index contributed by atoms with van der Waals surface area (Å²) in [5, 5.41) is 7.75. The molecular formula is C18H24ClN3O3. The summed E-state index contributed by atoms with van der Waals surface area (Å²) in [7, 11) is 1.61. The van der Waals surface area contributed by atoms with Crippen LogP contribution >= 0.6 is 11.6 Å². The Bertz CT molecular complexity index is 728. The zero-order chi connectivity index (χ0) is 18.4. The maximum atomic E-state index is 12.6. The topological polar surface area (TPSA) is 65.4 Å². The Balaban J connectivity index is 2.11. The number of hydrogen-bond donors (Lipinski definition) is 1. The van der Waals surface area contributed by atoms with Crippen molar-refractivity contribution in [3.8, 4) is 5.75 Å². The summed E-state index contributed by atoms with van der Waals surface area (Å²) in [6.45, 7) is 7.57. The number of halogens is 1. The quantitative estimate of drug-likeness (QED) is 0.719. The third kappa shape index (κ3) is 4.96. The van der Waals surface area contributed by atoms with E-state index in [4.69, 9.17) is 21.1 Å². The molecule has 0 unspecified atom stereocenters. The lowest BCUT2D eigenvalue weighted by Gasteiger charge is -2.10. The minimum atomic E-state index is -0.217. The van der Waals surface area contributed by atoms with Crippen molar-refractivity contribution in [2.24, 2.45) is 0 Å². The summed E-state index contributed by atoms with van der Waals surface area (Å²) in [6, 6.07) is 6.97. The molecule has 1 aromatic carbocycles. The Morgan fingerprint density at radius 2 is 2.08 bits per heavy atom. The number of ether oxygens (including phenoxy) is 2. The highest BCUT2D eigenvalue weighted by molar-refractivity contribution is 6.32. The van der Waals surface area contributed by atoms with E-state index >= 15 is 0 Å². The van der Waals surface area contributed by atoms with E-state index in [2.05, 4.69) is 10.4 Å². The van der Waals surface area contributed by atoms with Gasteiger partial charge in [-0.15, -0.1) is 0 Å². The van der Waals surface area contributed by atoms with Crippen LogP contribution in [0.15, 0.2) is 24.3 Å². The maximum absolute atomic E-state index is 12.6. The van der Waals surface area contributed by atoms with Crippen molar-refractivity contribution < 1.29 is 14.3 Å². The van der Waals surface area contributed by atoms with Gasteiger partial charge in [-0.2, -0.15) is 5.10 Å². The van der Waals surface area contributed by atoms with E-state index in [1.54, 1.807) is 30.0 Å².